The fourth-order valence-electron chi connectivity index (χ4n) is 3.13. The number of H-pyrrole nitrogens is 1. The van der Waals surface area contributed by atoms with Crippen molar-refractivity contribution < 1.29 is 13.2 Å². The maximum absolute atomic E-state index is 13.0. The molecule has 30 heavy (non-hydrogen) atoms. The summed E-state index contributed by atoms with van der Waals surface area (Å²) in [6.07, 6.45) is 0.585. The number of amides is 1. The van der Waals surface area contributed by atoms with Crippen molar-refractivity contribution in [3.63, 3.8) is 0 Å². The third kappa shape index (κ3) is 4.84. The van der Waals surface area contributed by atoms with Crippen molar-refractivity contribution >= 4 is 33.4 Å². The summed E-state index contributed by atoms with van der Waals surface area (Å²) in [5.41, 5.74) is 7.73. The second-order valence-electron chi connectivity index (χ2n) is 6.70. The van der Waals surface area contributed by atoms with E-state index < -0.39 is 16.1 Å². The van der Waals surface area contributed by atoms with Crippen LogP contribution >= 0.6 is 11.6 Å². The van der Waals surface area contributed by atoms with Gasteiger partial charge in [-0.05, 0) is 24.1 Å². The van der Waals surface area contributed by atoms with Gasteiger partial charge in [-0.1, -0.05) is 67.1 Å². The van der Waals surface area contributed by atoms with Crippen molar-refractivity contribution in [3.8, 4) is 11.3 Å². The van der Waals surface area contributed by atoms with Crippen LogP contribution in [0.25, 0.3) is 11.3 Å². The molecule has 4 N–H and O–H groups in total. The molecule has 0 saturated carbocycles. The van der Waals surface area contributed by atoms with E-state index in [1.54, 1.807) is 30.3 Å². The Kier molecular flexibility index (Phi) is 6.81. The Balaban J connectivity index is 1.98. The molecule has 0 saturated heterocycles. The first-order valence-electron chi connectivity index (χ1n) is 9.42. The standard InChI is InChI=1S/C21H23ClN4O3S/c1-2-13-26(30(28,29)25-16-11-7-4-8-12-16)14-17-18(21(23)27)19(22)20(24-17)15-9-5-3-6-10-15/h3-12,24-25H,2,13-14H2,1H3,(H2,23,27). The Labute approximate surface area is 181 Å². The first-order valence-corrected chi connectivity index (χ1v) is 11.2. The lowest BCUT2D eigenvalue weighted by atomic mass is 10.1. The quantitative estimate of drug-likeness (QED) is 0.462. The number of aromatic amines is 1. The molecule has 0 radical (unpaired) electrons. The molecule has 3 rings (SSSR count). The fraction of sp³-hybridized carbons (Fsp3) is 0.190. The van der Waals surface area contributed by atoms with Crippen LogP contribution in [0.5, 0.6) is 0 Å². The van der Waals surface area contributed by atoms with Crippen molar-refractivity contribution in [2.24, 2.45) is 5.73 Å². The molecule has 2 aromatic carbocycles. The van der Waals surface area contributed by atoms with E-state index in [1.807, 2.05) is 37.3 Å². The minimum Gasteiger partial charge on any atom is -0.365 e. The number of anilines is 1. The fourth-order valence-corrected chi connectivity index (χ4v) is 4.78. The van der Waals surface area contributed by atoms with Gasteiger partial charge in [0.1, 0.15) is 0 Å². The lowest BCUT2D eigenvalue weighted by Crippen LogP contribution is -2.36. The molecule has 1 heterocycles. The number of carbonyl (C=O) groups is 1. The highest BCUT2D eigenvalue weighted by Gasteiger charge is 2.27. The lowest BCUT2D eigenvalue weighted by molar-refractivity contribution is 0.0999. The van der Waals surface area contributed by atoms with Gasteiger partial charge in [-0.2, -0.15) is 12.7 Å². The average Bonchev–Trinajstić information content (AvgIpc) is 3.05. The van der Waals surface area contributed by atoms with Crippen LogP contribution in [-0.4, -0.2) is 30.2 Å². The summed E-state index contributed by atoms with van der Waals surface area (Å²) >= 11 is 6.45. The molecule has 158 valence electrons. The minimum absolute atomic E-state index is 0.0825. The second-order valence-corrected chi connectivity index (χ2v) is 8.75. The van der Waals surface area contributed by atoms with Gasteiger partial charge < -0.3 is 10.7 Å². The normalized spacial score (nSPS) is 11.6. The van der Waals surface area contributed by atoms with Crippen LogP contribution in [-0.2, 0) is 16.8 Å². The van der Waals surface area contributed by atoms with Crippen molar-refractivity contribution in [1.82, 2.24) is 9.29 Å². The van der Waals surface area contributed by atoms with Crippen molar-refractivity contribution in [2.75, 3.05) is 11.3 Å². The van der Waals surface area contributed by atoms with Crippen LogP contribution in [0.3, 0.4) is 0 Å². The topological polar surface area (TPSA) is 108 Å². The zero-order chi connectivity index (χ0) is 21.7. The molecule has 3 aromatic rings. The number of nitrogens with zero attached hydrogens (tertiary/aromatic N) is 1. The number of primary amides is 1. The van der Waals surface area contributed by atoms with Gasteiger partial charge in [0.2, 0.25) is 0 Å². The van der Waals surface area contributed by atoms with Gasteiger partial charge in [-0.25, -0.2) is 0 Å². The van der Waals surface area contributed by atoms with E-state index in [4.69, 9.17) is 17.3 Å². The molecule has 0 fully saturated rings. The van der Waals surface area contributed by atoms with E-state index in [9.17, 15) is 13.2 Å². The highest BCUT2D eigenvalue weighted by molar-refractivity contribution is 7.90. The van der Waals surface area contributed by atoms with E-state index in [1.165, 1.54) is 4.31 Å². The summed E-state index contributed by atoms with van der Waals surface area (Å²) in [5, 5.41) is 0.175. The SMILES string of the molecule is CCCN(Cc1[nH]c(-c2ccccc2)c(Cl)c1C(N)=O)S(=O)(=O)Nc1ccccc1. The molecule has 0 spiro atoms. The average molecular weight is 447 g/mol. The van der Waals surface area contributed by atoms with Crippen molar-refractivity contribution in [1.29, 1.82) is 0 Å². The number of benzene rings is 2. The molecule has 1 aromatic heterocycles. The number of carbonyl (C=O) groups excluding carboxylic acids is 1. The third-order valence-corrected chi connectivity index (χ3v) is 6.36. The van der Waals surface area contributed by atoms with E-state index in [0.717, 1.165) is 5.56 Å². The summed E-state index contributed by atoms with van der Waals surface area (Å²) in [6, 6.07) is 17.8. The van der Waals surface area contributed by atoms with Crippen molar-refractivity contribution in [3.05, 3.63) is 76.9 Å². The Morgan fingerprint density at radius 1 is 1.10 bits per heavy atom. The van der Waals surface area contributed by atoms with Gasteiger partial charge in [0.05, 0.1) is 22.8 Å². The smallest absolute Gasteiger partial charge is 0.301 e. The molecule has 0 bridgehead atoms. The number of hydrogen-bond donors (Lipinski definition) is 3. The Morgan fingerprint density at radius 2 is 1.70 bits per heavy atom. The number of aromatic nitrogens is 1. The summed E-state index contributed by atoms with van der Waals surface area (Å²) < 4.78 is 29.8. The van der Waals surface area contributed by atoms with Gasteiger partial charge in [0.15, 0.2) is 0 Å². The first-order chi connectivity index (χ1) is 14.3. The molecule has 0 aliphatic heterocycles. The van der Waals surface area contributed by atoms with Gasteiger partial charge in [-0.3, -0.25) is 9.52 Å². The second kappa shape index (κ2) is 9.34. The van der Waals surface area contributed by atoms with Gasteiger partial charge in [-0.15, -0.1) is 0 Å². The number of rotatable bonds is 9. The molecular weight excluding hydrogens is 424 g/mol. The molecule has 7 nitrogen and oxygen atoms in total. The van der Waals surface area contributed by atoms with Crippen LogP contribution in [0.1, 0.15) is 29.4 Å². The molecule has 0 aliphatic rings. The zero-order valence-corrected chi connectivity index (χ0v) is 18.0. The highest BCUT2D eigenvalue weighted by Crippen LogP contribution is 2.33. The monoisotopic (exact) mass is 446 g/mol. The van der Waals surface area contributed by atoms with Gasteiger partial charge in [0, 0.05) is 17.9 Å². The van der Waals surface area contributed by atoms with Crippen LogP contribution < -0.4 is 10.5 Å². The van der Waals surface area contributed by atoms with Gasteiger partial charge >= 0.3 is 10.2 Å². The molecular formula is C21H23ClN4O3S. The summed E-state index contributed by atoms with van der Waals surface area (Å²) in [6.45, 7) is 2.04. The largest absolute Gasteiger partial charge is 0.365 e. The Bertz CT molecular complexity index is 1120. The minimum atomic E-state index is -3.88. The van der Waals surface area contributed by atoms with E-state index in [-0.39, 0.29) is 23.7 Å². The molecule has 0 aliphatic carbocycles. The predicted molar refractivity (Wildman–Crippen MR) is 119 cm³/mol. The number of nitrogens with two attached hydrogens (primary N) is 1. The summed E-state index contributed by atoms with van der Waals surface area (Å²) in [7, 11) is -3.88. The molecule has 9 heteroatoms. The number of nitrogens with one attached hydrogen (secondary N) is 2. The Hall–Kier alpha value is -2.81. The van der Waals surface area contributed by atoms with E-state index in [0.29, 0.717) is 23.5 Å². The third-order valence-electron chi connectivity index (χ3n) is 4.49. The van der Waals surface area contributed by atoms with Crippen LogP contribution in [0.2, 0.25) is 5.02 Å². The number of hydrogen-bond acceptors (Lipinski definition) is 3. The number of halogens is 1. The summed E-state index contributed by atoms with van der Waals surface area (Å²) in [5.74, 6) is -0.724. The van der Waals surface area contributed by atoms with Crippen LogP contribution in [0.15, 0.2) is 60.7 Å². The highest BCUT2D eigenvalue weighted by atomic mass is 35.5. The molecule has 0 unspecified atom stereocenters. The Morgan fingerprint density at radius 3 is 2.27 bits per heavy atom. The van der Waals surface area contributed by atoms with E-state index in [2.05, 4.69) is 9.71 Å². The maximum Gasteiger partial charge on any atom is 0.301 e. The molecule has 0 atom stereocenters. The predicted octanol–water partition coefficient (Wildman–Crippen LogP) is 4.00. The van der Waals surface area contributed by atoms with Crippen LogP contribution in [0.4, 0.5) is 5.69 Å². The van der Waals surface area contributed by atoms with E-state index >= 15 is 0 Å². The summed E-state index contributed by atoms with van der Waals surface area (Å²) in [4.78, 5) is 15.2. The maximum atomic E-state index is 13.0. The van der Waals surface area contributed by atoms with Gasteiger partial charge in [0.25, 0.3) is 5.91 Å². The molecule has 1 amide bonds. The zero-order valence-electron chi connectivity index (χ0n) is 16.4. The lowest BCUT2D eigenvalue weighted by Gasteiger charge is -2.22. The number of para-hydroxylation sites is 1. The first kappa shape index (κ1) is 21.9. The van der Waals surface area contributed by atoms with Crippen LogP contribution in [0, 0.1) is 0 Å². The van der Waals surface area contributed by atoms with Crippen molar-refractivity contribution in [2.45, 2.75) is 19.9 Å².